The zero-order valence-electron chi connectivity index (χ0n) is 8.61. The SMILES string of the molecule is COCc1cc(N)nc(-c2occc2Br)n1. The number of anilines is 1. The van der Waals surface area contributed by atoms with Gasteiger partial charge in [-0.1, -0.05) is 0 Å². The third kappa shape index (κ3) is 2.23. The number of aromatic nitrogens is 2. The predicted octanol–water partition coefficient (Wildman–Crippen LogP) is 2.23. The molecule has 2 N–H and O–H groups in total. The van der Waals surface area contributed by atoms with Crippen LogP contribution in [0.15, 0.2) is 27.3 Å². The summed E-state index contributed by atoms with van der Waals surface area (Å²) in [4.78, 5) is 8.39. The van der Waals surface area contributed by atoms with E-state index < -0.39 is 0 Å². The van der Waals surface area contributed by atoms with Gasteiger partial charge in [0.2, 0.25) is 0 Å². The normalized spacial score (nSPS) is 10.6. The Labute approximate surface area is 101 Å². The Hall–Kier alpha value is -1.40. The molecule has 84 valence electrons. The first kappa shape index (κ1) is 11.1. The average molecular weight is 284 g/mol. The number of nitrogen functional groups attached to an aromatic ring is 1. The smallest absolute Gasteiger partial charge is 0.199 e. The Morgan fingerprint density at radius 3 is 2.94 bits per heavy atom. The van der Waals surface area contributed by atoms with Crippen molar-refractivity contribution in [2.75, 3.05) is 12.8 Å². The number of hydrogen-bond donors (Lipinski definition) is 1. The quantitative estimate of drug-likeness (QED) is 0.935. The second-order valence-corrected chi connectivity index (χ2v) is 3.99. The van der Waals surface area contributed by atoms with Gasteiger partial charge < -0.3 is 14.9 Å². The van der Waals surface area contributed by atoms with E-state index >= 15 is 0 Å². The standard InChI is InChI=1S/C10H10BrN3O2/c1-15-5-6-4-8(12)14-10(13-6)9-7(11)2-3-16-9/h2-4H,5H2,1H3,(H2,12,13,14). The molecule has 0 unspecified atom stereocenters. The minimum Gasteiger partial charge on any atom is -0.460 e. The van der Waals surface area contributed by atoms with Crippen molar-refractivity contribution in [3.05, 3.63) is 28.6 Å². The van der Waals surface area contributed by atoms with Gasteiger partial charge in [-0.3, -0.25) is 0 Å². The van der Waals surface area contributed by atoms with Crippen LogP contribution in [-0.2, 0) is 11.3 Å². The van der Waals surface area contributed by atoms with Gasteiger partial charge in [-0.15, -0.1) is 0 Å². The number of methoxy groups -OCH3 is 1. The highest BCUT2D eigenvalue weighted by Gasteiger charge is 2.11. The molecule has 6 heteroatoms. The number of furan rings is 1. The van der Waals surface area contributed by atoms with Gasteiger partial charge in [0, 0.05) is 13.2 Å². The van der Waals surface area contributed by atoms with Crippen molar-refractivity contribution in [2.24, 2.45) is 0 Å². The molecule has 0 saturated heterocycles. The van der Waals surface area contributed by atoms with E-state index in [1.54, 1.807) is 25.5 Å². The lowest BCUT2D eigenvalue weighted by atomic mass is 10.3. The summed E-state index contributed by atoms with van der Waals surface area (Å²) in [5.74, 6) is 1.40. The van der Waals surface area contributed by atoms with E-state index in [-0.39, 0.29) is 0 Å². The van der Waals surface area contributed by atoms with Gasteiger partial charge in [-0.2, -0.15) is 0 Å². The summed E-state index contributed by atoms with van der Waals surface area (Å²) in [6, 6.07) is 3.45. The Balaban J connectivity index is 2.45. The molecule has 0 atom stereocenters. The van der Waals surface area contributed by atoms with Gasteiger partial charge in [0.15, 0.2) is 11.6 Å². The molecule has 0 bridgehead atoms. The zero-order chi connectivity index (χ0) is 11.5. The number of halogens is 1. The predicted molar refractivity (Wildman–Crippen MR) is 62.6 cm³/mol. The molecule has 2 heterocycles. The van der Waals surface area contributed by atoms with Crippen LogP contribution in [0.5, 0.6) is 0 Å². The molecule has 0 amide bonds. The molecule has 0 fully saturated rings. The first-order valence-corrected chi connectivity index (χ1v) is 5.35. The fourth-order valence-corrected chi connectivity index (χ4v) is 1.67. The molecule has 0 saturated carbocycles. The van der Waals surface area contributed by atoms with Crippen LogP contribution in [0.3, 0.4) is 0 Å². The van der Waals surface area contributed by atoms with Gasteiger partial charge >= 0.3 is 0 Å². The van der Waals surface area contributed by atoms with Crippen molar-refractivity contribution < 1.29 is 9.15 Å². The van der Waals surface area contributed by atoms with Gasteiger partial charge in [0.25, 0.3) is 0 Å². The van der Waals surface area contributed by atoms with Crippen LogP contribution in [0.25, 0.3) is 11.6 Å². The number of rotatable bonds is 3. The number of nitrogens with zero attached hydrogens (tertiary/aromatic N) is 2. The lowest BCUT2D eigenvalue weighted by molar-refractivity contribution is 0.181. The number of hydrogen-bond acceptors (Lipinski definition) is 5. The zero-order valence-corrected chi connectivity index (χ0v) is 10.2. The highest BCUT2D eigenvalue weighted by Crippen LogP contribution is 2.27. The van der Waals surface area contributed by atoms with Gasteiger partial charge in [0.1, 0.15) is 5.82 Å². The van der Waals surface area contributed by atoms with Crippen LogP contribution >= 0.6 is 15.9 Å². The molecule has 16 heavy (non-hydrogen) atoms. The molecule has 2 aromatic rings. The summed E-state index contributed by atoms with van der Waals surface area (Å²) in [5.41, 5.74) is 6.40. The maximum atomic E-state index is 5.68. The Morgan fingerprint density at radius 1 is 1.50 bits per heavy atom. The molecule has 2 rings (SSSR count). The monoisotopic (exact) mass is 283 g/mol. The molecule has 0 spiro atoms. The second kappa shape index (κ2) is 4.63. The fraction of sp³-hybridized carbons (Fsp3) is 0.200. The van der Waals surface area contributed by atoms with Crippen LogP contribution in [0.2, 0.25) is 0 Å². The lowest BCUT2D eigenvalue weighted by Crippen LogP contribution is -2.01. The maximum absolute atomic E-state index is 5.68. The lowest BCUT2D eigenvalue weighted by Gasteiger charge is -2.03. The number of nitrogens with two attached hydrogens (primary N) is 1. The maximum Gasteiger partial charge on any atom is 0.199 e. The molecule has 0 aliphatic heterocycles. The third-order valence-corrected chi connectivity index (χ3v) is 2.54. The van der Waals surface area contributed by atoms with E-state index in [1.165, 1.54) is 0 Å². The van der Waals surface area contributed by atoms with Gasteiger partial charge in [0.05, 0.1) is 23.0 Å². The van der Waals surface area contributed by atoms with E-state index in [2.05, 4.69) is 25.9 Å². The van der Waals surface area contributed by atoms with Crippen LogP contribution in [0.4, 0.5) is 5.82 Å². The molecule has 5 nitrogen and oxygen atoms in total. The minimum atomic E-state index is 0.387. The first-order valence-electron chi connectivity index (χ1n) is 4.56. The third-order valence-electron chi connectivity index (χ3n) is 1.91. The second-order valence-electron chi connectivity index (χ2n) is 3.14. The van der Waals surface area contributed by atoms with E-state index in [1.807, 2.05) is 0 Å². The number of ether oxygens (including phenoxy) is 1. The highest BCUT2D eigenvalue weighted by atomic mass is 79.9. The topological polar surface area (TPSA) is 74.2 Å². The van der Waals surface area contributed by atoms with Crippen LogP contribution in [0.1, 0.15) is 5.69 Å². The molecule has 0 radical (unpaired) electrons. The van der Waals surface area contributed by atoms with Crippen molar-refractivity contribution in [3.63, 3.8) is 0 Å². The molecule has 0 aliphatic carbocycles. The molecule has 0 aromatic carbocycles. The summed E-state index contributed by atoms with van der Waals surface area (Å²) in [6.07, 6.45) is 1.56. The Kier molecular flexibility index (Phi) is 3.21. The van der Waals surface area contributed by atoms with E-state index in [4.69, 9.17) is 14.9 Å². The van der Waals surface area contributed by atoms with Crippen molar-refractivity contribution >= 4 is 21.7 Å². The van der Waals surface area contributed by atoms with Gasteiger partial charge in [-0.25, -0.2) is 9.97 Å². The minimum absolute atomic E-state index is 0.387. The average Bonchev–Trinajstić information content (AvgIpc) is 2.64. The van der Waals surface area contributed by atoms with Crippen LogP contribution < -0.4 is 5.73 Å². The summed E-state index contributed by atoms with van der Waals surface area (Å²) in [5, 5.41) is 0. The van der Waals surface area contributed by atoms with Crippen LogP contribution in [-0.4, -0.2) is 17.1 Å². The molecular formula is C10H10BrN3O2. The Bertz CT molecular complexity index is 499. The summed E-state index contributed by atoms with van der Waals surface area (Å²) in [6.45, 7) is 0.387. The van der Waals surface area contributed by atoms with Crippen molar-refractivity contribution in [2.45, 2.75) is 6.61 Å². The van der Waals surface area contributed by atoms with Crippen LogP contribution in [0, 0.1) is 0 Å². The first-order chi connectivity index (χ1) is 7.70. The molecule has 2 aromatic heterocycles. The van der Waals surface area contributed by atoms with E-state index in [0.717, 1.165) is 4.47 Å². The van der Waals surface area contributed by atoms with Crippen molar-refractivity contribution in [3.8, 4) is 11.6 Å². The summed E-state index contributed by atoms with van der Waals surface area (Å²) >= 11 is 3.35. The van der Waals surface area contributed by atoms with Crippen molar-refractivity contribution in [1.29, 1.82) is 0 Å². The molecular weight excluding hydrogens is 274 g/mol. The molecule has 0 aliphatic rings. The summed E-state index contributed by atoms with van der Waals surface area (Å²) < 4.78 is 11.1. The van der Waals surface area contributed by atoms with E-state index in [0.29, 0.717) is 29.7 Å². The Morgan fingerprint density at radius 2 is 2.31 bits per heavy atom. The van der Waals surface area contributed by atoms with E-state index in [9.17, 15) is 0 Å². The van der Waals surface area contributed by atoms with Crippen molar-refractivity contribution in [1.82, 2.24) is 9.97 Å². The highest BCUT2D eigenvalue weighted by molar-refractivity contribution is 9.10. The largest absolute Gasteiger partial charge is 0.460 e. The summed E-state index contributed by atoms with van der Waals surface area (Å²) in [7, 11) is 1.60. The fourth-order valence-electron chi connectivity index (χ4n) is 1.30. The van der Waals surface area contributed by atoms with Gasteiger partial charge in [-0.05, 0) is 22.0 Å².